The molecule has 1 fully saturated rings. The lowest BCUT2D eigenvalue weighted by atomic mass is 10.1. The smallest absolute Gasteiger partial charge is 0.0360 e. The van der Waals surface area contributed by atoms with Gasteiger partial charge < -0.3 is 6.15 Å². The van der Waals surface area contributed by atoms with Gasteiger partial charge in [-0.25, -0.2) is 0 Å². The van der Waals surface area contributed by atoms with Crippen molar-refractivity contribution in [3.63, 3.8) is 0 Å². The molecular formula is C10H17N3. The Balaban J connectivity index is 0.000000845. The first-order chi connectivity index (χ1) is 5.88. The minimum atomic E-state index is 0. The molecule has 2 rings (SSSR count). The lowest BCUT2D eigenvalue weighted by molar-refractivity contribution is 0.317. The Morgan fingerprint density at radius 3 is 2.92 bits per heavy atom. The van der Waals surface area contributed by atoms with Gasteiger partial charge in [-0.3, -0.25) is 9.88 Å². The van der Waals surface area contributed by atoms with Crippen LogP contribution in [-0.4, -0.2) is 23.5 Å². The molecule has 3 N–H and O–H groups in total. The fourth-order valence-electron chi connectivity index (χ4n) is 1.90. The molecule has 2 heterocycles. The molecule has 0 spiro atoms. The summed E-state index contributed by atoms with van der Waals surface area (Å²) in [5, 5.41) is 0. The molecule has 1 aliphatic rings. The zero-order valence-electron chi connectivity index (χ0n) is 8.11. The molecule has 72 valence electrons. The van der Waals surface area contributed by atoms with Crippen LogP contribution in [0, 0.1) is 0 Å². The minimum absolute atomic E-state index is 0. The van der Waals surface area contributed by atoms with Crippen molar-refractivity contribution in [1.82, 2.24) is 16.0 Å². The van der Waals surface area contributed by atoms with Gasteiger partial charge in [0.05, 0.1) is 0 Å². The number of rotatable bonds is 1. The zero-order chi connectivity index (χ0) is 8.39. The van der Waals surface area contributed by atoms with Gasteiger partial charge in [-0.15, -0.1) is 0 Å². The minimum Gasteiger partial charge on any atom is -0.344 e. The van der Waals surface area contributed by atoms with E-state index < -0.39 is 0 Å². The van der Waals surface area contributed by atoms with Crippen LogP contribution in [0.1, 0.15) is 24.4 Å². The summed E-state index contributed by atoms with van der Waals surface area (Å²) in [6.07, 6.45) is 6.41. The van der Waals surface area contributed by atoms with E-state index in [0.29, 0.717) is 6.04 Å². The number of pyridine rings is 1. The molecular weight excluding hydrogens is 162 g/mol. The predicted octanol–water partition coefficient (Wildman–Crippen LogP) is 2.01. The highest BCUT2D eigenvalue weighted by Gasteiger charge is 2.21. The molecule has 3 nitrogen and oxygen atoms in total. The standard InChI is InChI=1S/C10H14N2.H3N/c1-12-7-3-5-10(12)9-4-2-6-11-8-9;/h2,4,6,8,10H,3,5,7H2,1H3;1H3/t10-;/m0./s1. The molecule has 1 aromatic rings. The van der Waals surface area contributed by atoms with Crippen LogP contribution in [0.4, 0.5) is 0 Å². The van der Waals surface area contributed by atoms with E-state index in [-0.39, 0.29) is 6.15 Å². The fourth-order valence-corrected chi connectivity index (χ4v) is 1.90. The summed E-state index contributed by atoms with van der Waals surface area (Å²) < 4.78 is 0. The highest BCUT2D eigenvalue weighted by atomic mass is 15.1. The van der Waals surface area contributed by atoms with Crippen molar-refractivity contribution < 1.29 is 0 Å². The Morgan fingerprint density at radius 1 is 1.54 bits per heavy atom. The van der Waals surface area contributed by atoms with E-state index in [4.69, 9.17) is 0 Å². The van der Waals surface area contributed by atoms with Crippen molar-refractivity contribution in [2.75, 3.05) is 13.6 Å². The first-order valence-corrected chi connectivity index (χ1v) is 4.48. The lowest BCUT2D eigenvalue weighted by Gasteiger charge is -2.18. The van der Waals surface area contributed by atoms with Crippen molar-refractivity contribution >= 4 is 0 Å². The third-order valence-electron chi connectivity index (χ3n) is 2.59. The predicted molar refractivity (Wildman–Crippen MR) is 53.9 cm³/mol. The maximum Gasteiger partial charge on any atom is 0.0360 e. The van der Waals surface area contributed by atoms with E-state index in [1.165, 1.54) is 24.9 Å². The third-order valence-corrected chi connectivity index (χ3v) is 2.59. The summed E-state index contributed by atoms with van der Waals surface area (Å²) in [5.41, 5.74) is 1.36. The molecule has 0 aliphatic carbocycles. The quantitative estimate of drug-likeness (QED) is 0.717. The molecule has 0 amide bonds. The van der Waals surface area contributed by atoms with Crippen LogP contribution < -0.4 is 6.15 Å². The van der Waals surface area contributed by atoms with Gasteiger partial charge in [-0.05, 0) is 38.1 Å². The van der Waals surface area contributed by atoms with Crippen LogP contribution >= 0.6 is 0 Å². The Labute approximate surface area is 79.4 Å². The second-order valence-electron chi connectivity index (χ2n) is 3.42. The molecule has 0 radical (unpaired) electrons. The normalized spacial score (nSPS) is 22.7. The monoisotopic (exact) mass is 179 g/mol. The second kappa shape index (κ2) is 4.35. The van der Waals surface area contributed by atoms with Gasteiger partial charge in [-0.1, -0.05) is 6.07 Å². The SMILES string of the molecule is CN1CCC[C@H]1c1cccnc1.N. The molecule has 13 heavy (non-hydrogen) atoms. The maximum atomic E-state index is 4.14. The number of aromatic nitrogens is 1. The second-order valence-corrected chi connectivity index (χ2v) is 3.42. The molecule has 3 heteroatoms. The van der Waals surface area contributed by atoms with Gasteiger partial charge in [0, 0.05) is 18.4 Å². The highest BCUT2D eigenvalue weighted by Crippen LogP contribution is 2.29. The molecule has 1 aliphatic heterocycles. The number of likely N-dealkylation sites (tertiary alicyclic amines) is 1. The summed E-state index contributed by atoms with van der Waals surface area (Å²) >= 11 is 0. The van der Waals surface area contributed by atoms with E-state index >= 15 is 0 Å². The van der Waals surface area contributed by atoms with Crippen LogP contribution in [0.15, 0.2) is 24.5 Å². The van der Waals surface area contributed by atoms with E-state index in [2.05, 4.69) is 23.0 Å². The molecule has 1 saturated heterocycles. The molecule has 0 saturated carbocycles. The summed E-state index contributed by atoms with van der Waals surface area (Å²) in [5.74, 6) is 0. The van der Waals surface area contributed by atoms with Gasteiger partial charge in [0.2, 0.25) is 0 Å². The zero-order valence-corrected chi connectivity index (χ0v) is 8.11. The largest absolute Gasteiger partial charge is 0.344 e. The van der Waals surface area contributed by atoms with Crippen molar-refractivity contribution in [3.05, 3.63) is 30.1 Å². The first-order valence-electron chi connectivity index (χ1n) is 4.48. The van der Waals surface area contributed by atoms with Gasteiger partial charge in [0.25, 0.3) is 0 Å². The number of nitrogens with zero attached hydrogens (tertiary/aromatic N) is 2. The van der Waals surface area contributed by atoms with E-state index in [9.17, 15) is 0 Å². The molecule has 1 aromatic heterocycles. The number of hydrogen-bond acceptors (Lipinski definition) is 3. The van der Waals surface area contributed by atoms with E-state index in [1.54, 1.807) is 0 Å². The Morgan fingerprint density at radius 2 is 2.38 bits per heavy atom. The topological polar surface area (TPSA) is 51.1 Å². The van der Waals surface area contributed by atoms with Gasteiger partial charge in [0.15, 0.2) is 0 Å². The van der Waals surface area contributed by atoms with Crippen LogP contribution in [0.3, 0.4) is 0 Å². The van der Waals surface area contributed by atoms with Gasteiger partial charge >= 0.3 is 0 Å². The average Bonchev–Trinajstić information content (AvgIpc) is 2.53. The lowest BCUT2D eigenvalue weighted by Crippen LogP contribution is -2.17. The van der Waals surface area contributed by atoms with Crippen molar-refractivity contribution in [2.24, 2.45) is 0 Å². The Bertz CT molecular complexity index is 248. The van der Waals surface area contributed by atoms with Crippen molar-refractivity contribution in [1.29, 1.82) is 0 Å². The summed E-state index contributed by atoms with van der Waals surface area (Å²) in [6, 6.07) is 4.79. The summed E-state index contributed by atoms with van der Waals surface area (Å²) in [6.45, 7) is 1.22. The Kier molecular flexibility index (Phi) is 3.39. The number of hydrogen-bond donors (Lipinski definition) is 1. The first kappa shape index (κ1) is 10.2. The summed E-state index contributed by atoms with van der Waals surface area (Å²) in [4.78, 5) is 6.54. The molecule has 0 unspecified atom stereocenters. The summed E-state index contributed by atoms with van der Waals surface area (Å²) in [7, 11) is 2.19. The molecule has 1 atom stereocenters. The van der Waals surface area contributed by atoms with E-state index in [1.807, 2.05) is 18.5 Å². The van der Waals surface area contributed by atoms with Crippen LogP contribution in [0.2, 0.25) is 0 Å². The maximum absolute atomic E-state index is 4.14. The van der Waals surface area contributed by atoms with Gasteiger partial charge in [0.1, 0.15) is 0 Å². The molecule has 0 bridgehead atoms. The fraction of sp³-hybridized carbons (Fsp3) is 0.500. The van der Waals surface area contributed by atoms with Crippen LogP contribution in [0.25, 0.3) is 0 Å². The van der Waals surface area contributed by atoms with Crippen LogP contribution in [0.5, 0.6) is 0 Å². The van der Waals surface area contributed by atoms with Crippen LogP contribution in [-0.2, 0) is 0 Å². The average molecular weight is 179 g/mol. The molecule has 0 aromatic carbocycles. The van der Waals surface area contributed by atoms with Crippen molar-refractivity contribution in [3.8, 4) is 0 Å². The van der Waals surface area contributed by atoms with Crippen molar-refractivity contribution in [2.45, 2.75) is 18.9 Å². The highest BCUT2D eigenvalue weighted by molar-refractivity contribution is 5.14. The van der Waals surface area contributed by atoms with Gasteiger partial charge in [-0.2, -0.15) is 0 Å². The third kappa shape index (κ3) is 2.05. The van der Waals surface area contributed by atoms with E-state index in [0.717, 1.165) is 0 Å². The Hall–Kier alpha value is -0.930.